The molecule has 1 aromatic carbocycles. The van der Waals surface area contributed by atoms with Crippen LogP contribution in [0.5, 0.6) is 5.88 Å². The summed E-state index contributed by atoms with van der Waals surface area (Å²) >= 11 is 1.70. The predicted octanol–water partition coefficient (Wildman–Crippen LogP) is 4.89. The number of rotatable bonds is 6. The fourth-order valence-corrected chi connectivity index (χ4v) is 3.87. The number of nitrogens with one attached hydrogen (secondary N) is 1. The first-order valence-corrected chi connectivity index (χ1v) is 9.58. The number of nitrogens with zero attached hydrogens (tertiary/aromatic N) is 3. The summed E-state index contributed by atoms with van der Waals surface area (Å²) in [5.41, 5.74) is 3.44. The Kier molecular flexibility index (Phi) is 4.98. The molecule has 0 radical (unpaired) electrons. The number of hydrogen-bond donors (Lipinski definition) is 1. The summed E-state index contributed by atoms with van der Waals surface area (Å²) in [6.07, 6.45) is 3.38. The number of aromatic nitrogens is 3. The second-order valence-electron chi connectivity index (χ2n) is 6.32. The minimum absolute atomic E-state index is 0.505. The van der Waals surface area contributed by atoms with Gasteiger partial charge in [-0.05, 0) is 36.6 Å². The molecule has 136 valence electrons. The van der Waals surface area contributed by atoms with Crippen molar-refractivity contribution < 1.29 is 4.74 Å². The molecular formula is C21H20N4OS. The van der Waals surface area contributed by atoms with E-state index in [0.29, 0.717) is 19.0 Å². The Bertz CT molecular complexity index is 1060. The lowest BCUT2D eigenvalue weighted by Crippen LogP contribution is -2.04. The van der Waals surface area contributed by atoms with E-state index in [-0.39, 0.29) is 0 Å². The second-order valence-corrected chi connectivity index (χ2v) is 7.52. The largest absolute Gasteiger partial charge is 0.473 e. The predicted molar refractivity (Wildman–Crippen MR) is 109 cm³/mol. The molecule has 0 atom stereocenters. The summed E-state index contributed by atoms with van der Waals surface area (Å²) in [5, 5.41) is 4.54. The van der Waals surface area contributed by atoms with E-state index >= 15 is 0 Å². The number of hydrogen-bond acceptors (Lipinski definition) is 6. The molecule has 0 saturated carbocycles. The van der Waals surface area contributed by atoms with E-state index in [9.17, 15) is 0 Å². The van der Waals surface area contributed by atoms with Crippen LogP contribution in [0.3, 0.4) is 0 Å². The minimum atomic E-state index is 0.505. The molecule has 0 aliphatic carbocycles. The zero-order chi connectivity index (χ0) is 18.6. The van der Waals surface area contributed by atoms with Gasteiger partial charge in [-0.1, -0.05) is 30.3 Å². The van der Waals surface area contributed by atoms with Gasteiger partial charge in [0.15, 0.2) is 0 Å². The first-order valence-electron chi connectivity index (χ1n) is 8.77. The van der Waals surface area contributed by atoms with E-state index in [4.69, 9.17) is 4.74 Å². The number of pyridine rings is 1. The van der Waals surface area contributed by atoms with Crippen LogP contribution in [0.2, 0.25) is 0 Å². The highest BCUT2D eigenvalue weighted by atomic mass is 32.1. The molecule has 6 heteroatoms. The maximum atomic E-state index is 5.81. The van der Waals surface area contributed by atoms with Gasteiger partial charge >= 0.3 is 0 Å². The molecule has 4 aromatic rings. The first-order chi connectivity index (χ1) is 13.2. The SMILES string of the molecule is Cc1sc2ncnc(NCc3ccnc(OCc4ccccc4)c3)c2c1C. The van der Waals surface area contributed by atoms with Crippen LogP contribution in [0.4, 0.5) is 5.82 Å². The average Bonchev–Trinajstić information content (AvgIpc) is 3.00. The van der Waals surface area contributed by atoms with Crippen LogP contribution in [0.15, 0.2) is 55.0 Å². The minimum Gasteiger partial charge on any atom is -0.473 e. The summed E-state index contributed by atoms with van der Waals surface area (Å²) in [5.74, 6) is 1.49. The fraction of sp³-hybridized carbons (Fsp3) is 0.190. The van der Waals surface area contributed by atoms with Gasteiger partial charge in [-0.15, -0.1) is 11.3 Å². The monoisotopic (exact) mass is 376 g/mol. The standard InChI is InChI=1S/C21H20N4OS/c1-14-15(2)27-21-19(14)20(24-13-25-21)23-11-17-8-9-22-18(10-17)26-12-16-6-4-3-5-7-16/h3-10,13H,11-12H2,1-2H3,(H,23,24,25). The van der Waals surface area contributed by atoms with Crippen molar-refractivity contribution in [2.75, 3.05) is 5.32 Å². The van der Waals surface area contributed by atoms with Crippen LogP contribution in [-0.2, 0) is 13.2 Å². The highest BCUT2D eigenvalue weighted by Gasteiger charge is 2.11. The molecule has 0 spiro atoms. The van der Waals surface area contributed by atoms with Gasteiger partial charge in [-0.3, -0.25) is 0 Å². The Morgan fingerprint density at radius 2 is 1.85 bits per heavy atom. The van der Waals surface area contributed by atoms with E-state index in [1.165, 1.54) is 10.4 Å². The number of fused-ring (bicyclic) bond motifs is 1. The maximum absolute atomic E-state index is 5.81. The molecule has 5 nitrogen and oxygen atoms in total. The Labute approximate surface area is 162 Å². The van der Waals surface area contributed by atoms with Gasteiger partial charge in [-0.2, -0.15) is 0 Å². The van der Waals surface area contributed by atoms with Crippen LogP contribution < -0.4 is 10.1 Å². The third-order valence-electron chi connectivity index (χ3n) is 4.45. The second kappa shape index (κ2) is 7.72. The van der Waals surface area contributed by atoms with Crippen LogP contribution in [0.25, 0.3) is 10.2 Å². The third-order valence-corrected chi connectivity index (χ3v) is 5.57. The maximum Gasteiger partial charge on any atom is 0.213 e. The number of ether oxygens (including phenoxy) is 1. The van der Waals surface area contributed by atoms with Gasteiger partial charge in [0.25, 0.3) is 0 Å². The number of thiophene rings is 1. The molecule has 0 aliphatic rings. The highest BCUT2D eigenvalue weighted by molar-refractivity contribution is 7.18. The lowest BCUT2D eigenvalue weighted by molar-refractivity contribution is 0.293. The molecule has 27 heavy (non-hydrogen) atoms. The van der Waals surface area contributed by atoms with Crippen molar-refractivity contribution in [2.45, 2.75) is 27.0 Å². The summed E-state index contributed by atoms with van der Waals surface area (Å²) in [7, 11) is 0. The Morgan fingerprint density at radius 3 is 2.70 bits per heavy atom. The summed E-state index contributed by atoms with van der Waals surface area (Å²) in [4.78, 5) is 15.4. The van der Waals surface area contributed by atoms with E-state index in [1.54, 1.807) is 23.9 Å². The molecule has 0 aliphatic heterocycles. The lowest BCUT2D eigenvalue weighted by Gasteiger charge is -2.09. The summed E-state index contributed by atoms with van der Waals surface area (Å²) in [6, 6.07) is 14.0. The molecule has 0 saturated heterocycles. The van der Waals surface area contributed by atoms with Crippen molar-refractivity contribution in [1.82, 2.24) is 15.0 Å². The zero-order valence-corrected chi connectivity index (χ0v) is 16.1. The lowest BCUT2D eigenvalue weighted by atomic mass is 10.2. The normalized spacial score (nSPS) is 10.9. The van der Waals surface area contributed by atoms with Gasteiger partial charge in [0.1, 0.15) is 23.6 Å². The van der Waals surface area contributed by atoms with Crippen molar-refractivity contribution in [3.8, 4) is 5.88 Å². The van der Waals surface area contributed by atoms with Crippen LogP contribution in [-0.4, -0.2) is 15.0 Å². The Balaban J connectivity index is 1.46. The molecule has 3 aromatic heterocycles. The van der Waals surface area contributed by atoms with Gasteiger partial charge < -0.3 is 10.1 Å². The summed E-state index contributed by atoms with van der Waals surface area (Å²) in [6.45, 7) is 5.38. The van der Waals surface area contributed by atoms with E-state index in [2.05, 4.69) is 34.1 Å². The molecule has 1 N–H and O–H groups in total. The van der Waals surface area contributed by atoms with Crippen molar-refractivity contribution in [3.05, 3.63) is 76.6 Å². The van der Waals surface area contributed by atoms with Crippen LogP contribution >= 0.6 is 11.3 Å². The molecule has 0 amide bonds. The van der Waals surface area contributed by atoms with Gasteiger partial charge in [0, 0.05) is 23.7 Å². The van der Waals surface area contributed by atoms with Crippen molar-refractivity contribution in [2.24, 2.45) is 0 Å². The number of aryl methyl sites for hydroxylation is 2. The Hall–Kier alpha value is -2.99. The van der Waals surface area contributed by atoms with E-state index in [0.717, 1.165) is 27.2 Å². The van der Waals surface area contributed by atoms with Crippen LogP contribution in [0.1, 0.15) is 21.6 Å². The van der Waals surface area contributed by atoms with Crippen molar-refractivity contribution in [1.29, 1.82) is 0 Å². The van der Waals surface area contributed by atoms with Gasteiger partial charge in [0.05, 0.1) is 5.39 Å². The number of benzene rings is 1. The first kappa shape index (κ1) is 17.4. The average molecular weight is 376 g/mol. The molecule has 0 fully saturated rings. The molecule has 4 rings (SSSR count). The quantitative estimate of drug-likeness (QED) is 0.519. The third kappa shape index (κ3) is 3.90. The Morgan fingerprint density at radius 1 is 1.00 bits per heavy atom. The molecule has 0 unspecified atom stereocenters. The van der Waals surface area contributed by atoms with Gasteiger partial charge in [-0.25, -0.2) is 15.0 Å². The number of anilines is 1. The molecule has 3 heterocycles. The van der Waals surface area contributed by atoms with E-state index in [1.807, 2.05) is 42.5 Å². The highest BCUT2D eigenvalue weighted by Crippen LogP contribution is 2.32. The van der Waals surface area contributed by atoms with Crippen molar-refractivity contribution >= 4 is 27.4 Å². The van der Waals surface area contributed by atoms with Crippen molar-refractivity contribution in [3.63, 3.8) is 0 Å². The van der Waals surface area contributed by atoms with Gasteiger partial charge in [0.2, 0.25) is 5.88 Å². The van der Waals surface area contributed by atoms with E-state index < -0.39 is 0 Å². The summed E-state index contributed by atoms with van der Waals surface area (Å²) < 4.78 is 5.81. The topological polar surface area (TPSA) is 59.9 Å². The smallest absolute Gasteiger partial charge is 0.213 e. The molecule has 0 bridgehead atoms. The molecular weight excluding hydrogens is 356 g/mol. The fourth-order valence-electron chi connectivity index (χ4n) is 2.87. The zero-order valence-electron chi connectivity index (χ0n) is 15.3. The van der Waals surface area contributed by atoms with Crippen LogP contribution in [0, 0.1) is 13.8 Å².